The Morgan fingerprint density at radius 1 is 0.733 bits per heavy atom. The molecule has 0 spiro atoms. The molecule has 2 aromatic heterocycles. The first-order valence-electron chi connectivity index (χ1n) is 9.72. The van der Waals surface area contributed by atoms with E-state index in [2.05, 4.69) is 9.97 Å². The molecule has 2 rings (SSSR count). The quantitative estimate of drug-likeness (QED) is 0.524. The maximum absolute atomic E-state index is 12.8. The Morgan fingerprint density at radius 3 is 1.73 bits per heavy atom. The van der Waals surface area contributed by atoms with Crippen LogP contribution >= 0.6 is 0 Å². The molecule has 0 aromatic carbocycles. The molecule has 0 aliphatic heterocycles. The number of aromatic nitrogens is 2. The Hall–Kier alpha value is -3.16. The molecule has 0 saturated carbocycles. The minimum Gasteiger partial charge on any atom is -0.459 e. The number of hydrogen-bond acceptors (Lipinski definition) is 6. The molecule has 30 heavy (non-hydrogen) atoms. The number of aromatic amines is 2. The van der Waals surface area contributed by atoms with E-state index in [1.54, 1.807) is 41.5 Å². The largest absolute Gasteiger partial charge is 0.459 e. The van der Waals surface area contributed by atoms with Crippen LogP contribution in [0.3, 0.4) is 0 Å². The maximum Gasteiger partial charge on any atom is 0.355 e. The lowest BCUT2D eigenvalue weighted by atomic mass is 10.0. The van der Waals surface area contributed by atoms with Gasteiger partial charge in [-0.2, -0.15) is 0 Å². The van der Waals surface area contributed by atoms with Gasteiger partial charge < -0.3 is 19.4 Å². The van der Waals surface area contributed by atoms with Crippen molar-refractivity contribution in [2.24, 2.45) is 0 Å². The number of Topliss-reactive ketones (excluding diaryl/α,β-unsaturated/α-hetero) is 2. The molecular weight excluding hydrogens is 388 g/mol. The fourth-order valence-corrected chi connectivity index (χ4v) is 3.53. The Bertz CT molecular complexity index is 1030. The van der Waals surface area contributed by atoms with E-state index in [9.17, 15) is 19.2 Å². The third-order valence-corrected chi connectivity index (χ3v) is 4.88. The van der Waals surface area contributed by atoms with E-state index in [0.29, 0.717) is 28.1 Å². The van der Waals surface area contributed by atoms with Crippen molar-refractivity contribution >= 4 is 23.5 Å². The number of carbonyl (C=O) groups is 4. The number of carbonyl (C=O) groups excluding carboxylic acids is 4. The highest BCUT2D eigenvalue weighted by Crippen LogP contribution is 2.23. The average Bonchev–Trinajstić information content (AvgIpc) is 3.08. The van der Waals surface area contributed by atoms with Gasteiger partial charge in [-0.3, -0.25) is 9.59 Å². The van der Waals surface area contributed by atoms with E-state index >= 15 is 0 Å². The monoisotopic (exact) mass is 416 g/mol. The second kappa shape index (κ2) is 8.69. The standard InChI is InChI=1S/C22H28N2O6/c1-9(2)29-21(27)17-11(4)19(24-13(17)6)22(28)30-15(8)20(26)18-10(3)16(14(7)25)12(5)23-18/h9,15,23-24H,1-8H3/t15-/m0/s1. The van der Waals surface area contributed by atoms with Gasteiger partial charge in [0.05, 0.1) is 17.4 Å². The normalized spacial score (nSPS) is 12.0. The number of rotatable bonds is 7. The first kappa shape index (κ1) is 23.1. The molecule has 0 aliphatic carbocycles. The fourth-order valence-electron chi connectivity index (χ4n) is 3.53. The first-order valence-corrected chi connectivity index (χ1v) is 9.72. The van der Waals surface area contributed by atoms with E-state index in [4.69, 9.17) is 9.47 Å². The molecule has 0 amide bonds. The molecule has 1 atom stereocenters. The SMILES string of the molecule is CC(=O)c1c(C)[nH]c(C(=O)[C@H](C)OC(=O)c2[nH]c(C)c(C(=O)OC(C)C)c2C)c1C. The molecule has 2 N–H and O–H groups in total. The van der Waals surface area contributed by atoms with Crippen LogP contribution in [0.25, 0.3) is 0 Å². The lowest BCUT2D eigenvalue weighted by Gasteiger charge is -2.12. The smallest absolute Gasteiger partial charge is 0.355 e. The molecule has 0 bridgehead atoms. The summed E-state index contributed by atoms with van der Waals surface area (Å²) in [5.41, 5.74) is 3.05. The Labute approximate surface area is 175 Å². The molecule has 8 heteroatoms. The van der Waals surface area contributed by atoms with E-state index in [1.165, 1.54) is 13.8 Å². The predicted molar refractivity (Wildman–Crippen MR) is 110 cm³/mol. The molecule has 8 nitrogen and oxygen atoms in total. The number of ether oxygens (including phenoxy) is 2. The van der Waals surface area contributed by atoms with Crippen molar-refractivity contribution in [1.82, 2.24) is 9.97 Å². The van der Waals surface area contributed by atoms with E-state index in [-0.39, 0.29) is 28.8 Å². The van der Waals surface area contributed by atoms with Crippen LogP contribution in [-0.2, 0) is 9.47 Å². The fraction of sp³-hybridized carbons (Fsp3) is 0.455. The summed E-state index contributed by atoms with van der Waals surface area (Å²) in [7, 11) is 0. The molecule has 0 unspecified atom stereocenters. The average molecular weight is 416 g/mol. The van der Waals surface area contributed by atoms with Gasteiger partial charge in [-0.05, 0) is 66.5 Å². The van der Waals surface area contributed by atoms with Gasteiger partial charge in [0.1, 0.15) is 5.69 Å². The molecular formula is C22H28N2O6. The number of esters is 2. The number of hydrogen-bond donors (Lipinski definition) is 2. The van der Waals surface area contributed by atoms with Gasteiger partial charge in [0, 0.05) is 17.0 Å². The maximum atomic E-state index is 12.8. The van der Waals surface area contributed by atoms with Crippen molar-refractivity contribution in [2.45, 2.75) is 67.6 Å². The Balaban J connectivity index is 2.25. The summed E-state index contributed by atoms with van der Waals surface area (Å²) in [4.78, 5) is 55.3. The first-order chi connectivity index (χ1) is 13.9. The third kappa shape index (κ3) is 4.37. The predicted octanol–water partition coefficient (Wildman–Crippen LogP) is 3.77. The molecule has 2 heterocycles. The third-order valence-electron chi connectivity index (χ3n) is 4.88. The highest BCUT2D eigenvalue weighted by atomic mass is 16.5. The summed E-state index contributed by atoms with van der Waals surface area (Å²) in [5.74, 6) is -1.89. The van der Waals surface area contributed by atoms with Crippen molar-refractivity contribution in [3.8, 4) is 0 Å². The van der Waals surface area contributed by atoms with Crippen molar-refractivity contribution < 1.29 is 28.7 Å². The number of ketones is 2. The van der Waals surface area contributed by atoms with Crippen molar-refractivity contribution in [1.29, 1.82) is 0 Å². The van der Waals surface area contributed by atoms with Crippen LogP contribution in [0.15, 0.2) is 0 Å². The molecule has 2 aromatic rings. The van der Waals surface area contributed by atoms with Gasteiger partial charge in [0.15, 0.2) is 11.9 Å². The Kier molecular flexibility index (Phi) is 6.70. The minimum atomic E-state index is -1.09. The number of H-pyrrole nitrogens is 2. The molecule has 0 radical (unpaired) electrons. The second-order valence-corrected chi connectivity index (χ2v) is 7.67. The van der Waals surface area contributed by atoms with Crippen molar-refractivity contribution in [2.75, 3.05) is 0 Å². The van der Waals surface area contributed by atoms with Crippen molar-refractivity contribution in [3.63, 3.8) is 0 Å². The molecule has 0 aliphatic rings. The Morgan fingerprint density at radius 2 is 1.23 bits per heavy atom. The van der Waals surface area contributed by atoms with E-state index in [0.717, 1.165) is 0 Å². The van der Waals surface area contributed by atoms with Crippen LogP contribution in [0.1, 0.15) is 91.9 Å². The molecule has 162 valence electrons. The zero-order valence-electron chi connectivity index (χ0n) is 18.6. The highest BCUT2D eigenvalue weighted by Gasteiger charge is 2.29. The van der Waals surface area contributed by atoms with Gasteiger partial charge in [-0.1, -0.05) is 0 Å². The highest BCUT2D eigenvalue weighted by molar-refractivity contribution is 6.06. The van der Waals surface area contributed by atoms with Gasteiger partial charge >= 0.3 is 11.9 Å². The topological polar surface area (TPSA) is 118 Å². The summed E-state index contributed by atoms with van der Waals surface area (Å²) in [6.07, 6.45) is -1.39. The zero-order chi connectivity index (χ0) is 22.9. The molecule has 0 saturated heterocycles. The second-order valence-electron chi connectivity index (χ2n) is 7.67. The summed E-state index contributed by atoms with van der Waals surface area (Å²) >= 11 is 0. The van der Waals surface area contributed by atoms with Gasteiger partial charge in [-0.25, -0.2) is 9.59 Å². The van der Waals surface area contributed by atoms with Gasteiger partial charge in [-0.15, -0.1) is 0 Å². The van der Waals surface area contributed by atoms with E-state index in [1.807, 2.05) is 0 Å². The van der Waals surface area contributed by atoms with Crippen LogP contribution in [0.4, 0.5) is 0 Å². The summed E-state index contributed by atoms with van der Waals surface area (Å²) in [6, 6.07) is 0. The van der Waals surface area contributed by atoms with Crippen molar-refractivity contribution in [3.05, 3.63) is 45.0 Å². The summed E-state index contributed by atoms with van der Waals surface area (Å²) in [5, 5.41) is 0. The van der Waals surface area contributed by atoms with Crippen LogP contribution < -0.4 is 0 Å². The molecule has 0 fully saturated rings. The van der Waals surface area contributed by atoms with E-state index < -0.39 is 23.8 Å². The lowest BCUT2D eigenvalue weighted by molar-refractivity contribution is 0.0311. The number of aryl methyl sites for hydroxylation is 2. The lowest BCUT2D eigenvalue weighted by Crippen LogP contribution is -2.26. The van der Waals surface area contributed by atoms with Gasteiger partial charge in [0.25, 0.3) is 0 Å². The van der Waals surface area contributed by atoms with Gasteiger partial charge in [0.2, 0.25) is 5.78 Å². The number of nitrogens with one attached hydrogen (secondary N) is 2. The van der Waals surface area contributed by atoms with Crippen LogP contribution in [0, 0.1) is 27.7 Å². The van der Waals surface area contributed by atoms with Crippen LogP contribution in [0.2, 0.25) is 0 Å². The zero-order valence-corrected chi connectivity index (χ0v) is 18.6. The van der Waals surface area contributed by atoms with Crippen LogP contribution in [0.5, 0.6) is 0 Å². The minimum absolute atomic E-state index is 0.0895. The van der Waals surface area contributed by atoms with Crippen LogP contribution in [-0.4, -0.2) is 45.7 Å². The summed E-state index contributed by atoms with van der Waals surface area (Å²) < 4.78 is 10.6. The summed E-state index contributed by atoms with van der Waals surface area (Å²) in [6.45, 7) is 13.0.